The van der Waals surface area contributed by atoms with Gasteiger partial charge in [-0.05, 0) is 29.3 Å². The van der Waals surface area contributed by atoms with E-state index in [1.807, 2.05) is 0 Å². The maximum atomic E-state index is 14.6. The third-order valence-corrected chi connectivity index (χ3v) is 4.51. The molecule has 0 atom stereocenters. The number of hydrogen-bond acceptors (Lipinski definition) is 3. The zero-order chi connectivity index (χ0) is 22.4. The molecule has 2 amide bonds. The van der Waals surface area contributed by atoms with Crippen molar-refractivity contribution in [2.45, 2.75) is 13.0 Å². The first-order chi connectivity index (χ1) is 14.9. The van der Waals surface area contributed by atoms with E-state index in [-0.39, 0.29) is 29.8 Å². The molecule has 8 heteroatoms. The standard InChI is InChI=1S/C23H20F2N2O4/c1-31-20-5-3-2-4-17(20)22-18(24)11-16(12-19(22)25)27-23(30)26-13-15-8-6-14(7-9-15)10-21(28)29/h2-9,11-12H,10,13H2,1H3,(H,28,29)(H2,26,27,30). The molecule has 0 radical (unpaired) electrons. The highest BCUT2D eigenvalue weighted by atomic mass is 19.1. The van der Waals surface area contributed by atoms with Crippen LogP contribution in [-0.4, -0.2) is 24.2 Å². The van der Waals surface area contributed by atoms with E-state index < -0.39 is 23.6 Å². The van der Waals surface area contributed by atoms with Crippen LogP contribution in [0.25, 0.3) is 11.1 Å². The number of carbonyl (C=O) groups excluding carboxylic acids is 1. The Hall–Kier alpha value is -3.94. The molecule has 31 heavy (non-hydrogen) atoms. The number of nitrogens with one attached hydrogen (secondary N) is 2. The van der Waals surface area contributed by atoms with Crippen molar-refractivity contribution in [3.05, 3.63) is 83.4 Å². The van der Waals surface area contributed by atoms with Gasteiger partial charge in [-0.2, -0.15) is 0 Å². The number of hydrogen-bond donors (Lipinski definition) is 3. The van der Waals surface area contributed by atoms with Crippen molar-refractivity contribution in [2.24, 2.45) is 0 Å². The van der Waals surface area contributed by atoms with Crippen LogP contribution in [0, 0.1) is 11.6 Å². The Bertz CT molecular complexity index is 1080. The highest BCUT2D eigenvalue weighted by Crippen LogP contribution is 2.35. The van der Waals surface area contributed by atoms with E-state index in [1.165, 1.54) is 7.11 Å². The van der Waals surface area contributed by atoms with Gasteiger partial charge < -0.3 is 20.5 Å². The molecule has 0 fully saturated rings. The number of methoxy groups -OCH3 is 1. The van der Waals surface area contributed by atoms with Gasteiger partial charge in [0.25, 0.3) is 0 Å². The molecule has 0 spiro atoms. The molecule has 0 saturated heterocycles. The Balaban J connectivity index is 1.66. The average Bonchev–Trinajstić information content (AvgIpc) is 2.73. The highest BCUT2D eigenvalue weighted by Gasteiger charge is 2.17. The summed E-state index contributed by atoms with van der Waals surface area (Å²) in [6.45, 7) is 0.156. The van der Waals surface area contributed by atoms with Gasteiger partial charge in [0.15, 0.2) is 0 Å². The molecule has 0 heterocycles. The van der Waals surface area contributed by atoms with Crippen molar-refractivity contribution in [3.63, 3.8) is 0 Å². The number of urea groups is 1. The number of amides is 2. The molecule has 0 unspecified atom stereocenters. The predicted octanol–water partition coefficient (Wildman–Crippen LogP) is 4.59. The highest BCUT2D eigenvalue weighted by molar-refractivity contribution is 5.89. The van der Waals surface area contributed by atoms with Crippen molar-refractivity contribution >= 4 is 17.7 Å². The number of para-hydroxylation sites is 1. The number of anilines is 1. The second-order valence-electron chi connectivity index (χ2n) is 6.71. The summed E-state index contributed by atoms with van der Waals surface area (Å²) in [6, 6.07) is 14.6. The van der Waals surface area contributed by atoms with Crippen molar-refractivity contribution in [1.29, 1.82) is 0 Å². The summed E-state index contributed by atoms with van der Waals surface area (Å²) in [5, 5.41) is 13.8. The largest absolute Gasteiger partial charge is 0.496 e. The summed E-state index contributed by atoms with van der Waals surface area (Å²) < 4.78 is 34.4. The molecule has 0 aliphatic heterocycles. The molecule has 6 nitrogen and oxygen atoms in total. The summed E-state index contributed by atoms with van der Waals surface area (Å²) in [5.41, 5.74) is 1.37. The third-order valence-electron chi connectivity index (χ3n) is 4.51. The van der Waals surface area contributed by atoms with Gasteiger partial charge in [-0.1, -0.05) is 42.5 Å². The van der Waals surface area contributed by atoms with Crippen LogP contribution in [0.5, 0.6) is 5.75 Å². The van der Waals surface area contributed by atoms with Gasteiger partial charge in [-0.3, -0.25) is 4.79 Å². The van der Waals surface area contributed by atoms with Gasteiger partial charge in [-0.15, -0.1) is 0 Å². The summed E-state index contributed by atoms with van der Waals surface area (Å²) in [7, 11) is 1.41. The number of aliphatic carboxylic acids is 1. The zero-order valence-electron chi connectivity index (χ0n) is 16.6. The Kier molecular flexibility index (Phi) is 6.81. The van der Waals surface area contributed by atoms with Crippen LogP contribution < -0.4 is 15.4 Å². The van der Waals surface area contributed by atoms with Gasteiger partial charge in [0.05, 0.1) is 19.1 Å². The molecule has 0 aliphatic carbocycles. The number of carbonyl (C=O) groups is 2. The fourth-order valence-corrected chi connectivity index (χ4v) is 3.06. The first-order valence-electron chi connectivity index (χ1n) is 9.34. The van der Waals surface area contributed by atoms with E-state index in [2.05, 4.69) is 10.6 Å². The molecule has 0 aliphatic rings. The Morgan fingerprint density at radius 1 is 0.968 bits per heavy atom. The number of carboxylic acids is 1. The van der Waals surface area contributed by atoms with Gasteiger partial charge in [-0.25, -0.2) is 13.6 Å². The van der Waals surface area contributed by atoms with Crippen molar-refractivity contribution < 1.29 is 28.2 Å². The molecular weight excluding hydrogens is 406 g/mol. The van der Waals surface area contributed by atoms with E-state index in [0.29, 0.717) is 11.3 Å². The minimum Gasteiger partial charge on any atom is -0.496 e. The SMILES string of the molecule is COc1ccccc1-c1c(F)cc(NC(=O)NCc2ccc(CC(=O)O)cc2)cc1F. The monoisotopic (exact) mass is 426 g/mol. The molecule has 3 aromatic rings. The Labute approximate surface area is 177 Å². The lowest BCUT2D eigenvalue weighted by Gasteiger charge is -2.13. The normalized spacial score (nSPS) is 10.4. The number of carboxylic acid groups (broad SMARTS) is 1. The second kappa shape index (κ2) is 9.71. The number of rotatable bonds is 7. The molecule has 160 valence electrons. The summed E-state index contributed by atoms with van der Waals surface area (Å²) in [5.74, 6) is -2.28. The lowest BCUT2D eigenvalue weighted by Crippen LogP contribution is -2.28. The van der Waals surface area contributed by atoms with Crippen LogP contribution in [0.1, 0.15) is 11.1 Å². The molecule has 3 N–H and O–H groups in total. The first-order valence-corrected chi connectivity index (χ1v) is 9.34. The summed E-state index contributed by atoms with van der Waals surface area (Å²) in [6.07, 6.45) is -0.0871. The van der Waals surface area contributed by atoms with E-state index in [4.69, 9.17) is 9.84 Å². The van der Waals surface area contributed by atoms with Gasteiger partial charge in [0, 0.05) is 17.8 Å². The van der Waals surface area contributed by atoms with E-state index in [0.717, 1.165) is 17.7 Å². The number of ether oxygens (including phenoxy) is 1. The lowest BCUT2D eigenvalue weighted by molar-refractivity contribution is -0.136. The fraction of sp³-hybridized carbons (Fsp3) is 0.130. The fourth-order valence-electron chi connectivity index (χ4n) is 3.06. The number of halogens is 2. The van der Waals surface area contributed by atoms with Gasteiger partial charge in [0.2, 0.25) is 0 Å². The quantitative estimate of drug-likeness (QED) is 0.516. The third kappa shape index (κ3) is 5.57. The molecule has 0 bridgehead atoms. The maximum absolute atomic E-state index is 14.6. The predicted molar refractivity (Wildman–Crippen MR) is 112 cm³/mol. The van der Waals surface area contributed by atoms with Crippen LogP contribution in [-0.2, 0) is 17.8 Å². The average molecular weight is 426 g/mol. The first kappa shape index (κ1) is 21.8. The van der Waals surface area contributed by atoms with Crippen LogP contribution >= 0.6 is 0 Å². The van der Waals surface area contributed by atoms with Crippen molar-refractivity contribution in [2.75, 3.05) is 12.4 Å². The zero-order valence-corrected chi connectivity index (χ0v) is 16.6. The Morgan fingerprint density at radius 2 is 1.58 bits per heavy atom. The van der Waals surface area contributed by atoms with E-state index in [9.17, 15) is 18.4 Å². The topological polar surface area (TPSA) is 87.7 Å². The van der Waals surface area contributed by atoms with E-state index >= 15 is 0 Å². The van der Waals surface area contributed by atoms with Crippen molar-refractivity contribution in [3.8, 4) is 16.9 Å². The minimum atomic E-state index is -0.929. The van der Waals surface area contributed by atoms with Crippen molar-refractivity contribution in [1.82, 2.24) is 5.32 Å². The summed E-state index contributed by atoms with van der Waals surface area (Å²) >= 11 is 0. The van der Waals surface area contributed by atoms with Crippen LogP contribution in [0.15, 0.2) is 60.7 Å². The lowest BCUT2D eigenvalue weighted by atomic mass is 10.0. The Morgan fingerprint density at radius 3 is 2.19 bits per heavy atom. The molecule has 0 saturated carbocycles. The van der Waals surface area contributed by atoms with E-state index in [1.54, 1.807) is 48.5 Å². The molecular formula is C23H20F2N2O4. The minimum absolute atomic E-state index is 0.0389. The maximum Gasteiger partial charge on any atom is 0.319 e. The smallest absolute Gasteiger partial charge is 0.319 e. The van der Waals surface area contributed by atoms with Crippen LogP contribution in [0.4, 0.5) is 19.3 Å². The van der Waals surface area contributed by atoms with Crippen LogP contribution in [0.3, 0.4) is 0 Å². The number of benzene rings is 3. The second-order valence-corrected chi connectivity index (χ2v) is 6.71. The molecule has 3 aromatic carbocycles. The van der Waals surface area contributed by atoms with Gasteiger partial charge >= 0.3 is 12.0 Å². The summed E-state index contributed by atoms with van der Waals surface area (Å²) in [4.78, 5) is 22.8. The van der Waals surface area contributed by atoms with Gasteiger partial charge in [0.1, 0.15) is 17.4 Å². The molecule has 0 aromatic heterocycles. The molecule has 3 rings (SSSR count). The van der Waals surface area contributed by atoms with Crippen LogP contribution in [0.2, 0.25) is 0 Å².